The average molecular weight is 305 g/mol. The van der Waals surface area contributed by atoms with Crippen molar-refractivity contribution in [2.45, 2.75) is 20.8 Å². The summed E-state index contributed by atoms with van der Waals surface area (Å²) in [6, 6.07) is 17.7. The normalized spacial score (nSPS) is 10.6. The lowest BCUT2D eigenvalue weighted by Gasteiger charge is -2.11. The summed E-state index contributed by atoms with van der Waals surface area (Å²) < 4.78 is 7.91. The van der Waals surface area contributed by atoms with Gasteiger partial charge in [-0.1, -0.05) is 17.7 Å². The van der Waals surface area contributed by atoms with Gasteiger partial charge in [0.1, 0.15) is 11.5 Å². The van der Waals surface area contributed by atoms with Crippen LogP contribution in [0.15, 0.2) is 54.6 Å². The van der Waals surface area contributed by atoms with E-state index in [1.807, 2.05) is 75.4 Å². The van der Waals surface area contributed by atoms with Gasteiger partial charge in [-0.2, -0.15) is 0 Å². The minimum absolute atomic E-state index is 0.725. The van der Waals surface area contributed by atoms with Crippen molar-refractivity contribution in [3.63, 3.8) is 0 Å². The molecule has 0 atom stereocenters. The summed E-state index contributed by atoms with van der Waals surface area (Å²) in [7, 11) is 0. The van der Waals surface area contributed by atoms with Crippen molar-refractivity contribution in [1.82, 2.24) is 4.57 Å². The molecule has 0 N–H and O–H groups in total. The summed E-state index contributed by atoms with van der Waals surface area (Å²) in [5.41, 5.74) is 4.94. The van der Waals surface area contributed by atoms with Gasteiger partial charge in [-0.15, -0.1) is 0 Å². The summed E-state index contributed by atoms with van der Waals surface area (Å²) in [5, 5.41) is 0. The molecule has 0 aliphatic carbocycles. The number of carbonyl (C=O) groups excluding carboxylic acids is 1. The van der Waals surface area contributed by atoms with Gasteiger partial charge in [0, 0.05) is 22.6 Å². The number of ether oxygens (including phenoxy) is 1. The molecule has 0 saturated heterocycles. The number of aromatic nitrogens is 1. The zero-order chi connectivity index (χ0) is 16.4. The van der Waals surface area contributed by atoms with Crippen LogP contribution in [0, 0.1) is 20.8 Å². The fourth-order valence-electron chi connectivity index (χ4n) is 2.71. The Bertz CT molecular complexity index is 827. The van der Waals surface area contributed by atoms with Crippen LogP contribution in [0.1, 0.15) is 27.3 Å². The third-order valence-electron chi connectivity index (χ3n) is 3.95. The Hall–Kier alpha value is -2.81. The highest BCUT2D eigenvalue weighted by molar-refractivity contribution is 5.77. The van der Waals surface area contributed by atoms with E-state index in [1.165, 1.54) is 5.56 Å². The number of benzene rings is 2. The van der Waals surface area contributed by atoms with Crippen molar-refractivity contribution in [1.29, 1.82) is 0 Å². The smallest absolute Gasteiger partial charge is 0.151 e. The molecule has 0 bridgehead atoms. The van der Waals surface area contributed by atoms with Crippen molar-refractivity contribution in [3.05, 3.63) is 77.1 Å². The predicted octanol–water partition coefficient (Wildman–Crippen LogP) is 5.01. The van der Waals surface area contributed by atoms with Crippen LogP contribution in [-0.4, -0.2) is 10.9 Å². The summed E-state index contributed by atoms with van der Waals surface area (Å²) >= 11 is 0. The highest BCUT2D eigenvalue weighted by Gasteiger charge is 2.10. The first-order valence-electron chi connectivity index (χ1n) is 7.57. The second-order valence-electron chi connectivity index (χ2n) is 5.69. The van der Waals surface area contributed by atoms with Gasteiger partial charge in [-0.05, 0) is 63.2 Å². The van der Waals surface area contributed by atoms with E-state index >= 15 is 0 Å². The first-order valence-corrected chi connectivity index (χ1v) is 7.57. The van der Waals surface area contributed by atoms with Crippen LogP contribution in [0.4, 0.5) is 0 Å². The average Bonchev–Trinajstić information content (AvgIpc) is 2.85. The highest BCUT2D eigenvalue weighted by atomic mass is 16.5. The molecule has 1 aromatic heterocycles. The van der Waals surface area contributed by atoms with Crippen LogP contribution in [0.25, 0.3) is 5.69 Å². The monoisotopic (exact) mass is 305 g/mol. The summed E-state index contributed by atoms with van der Waals surface area (Å²) in [4.78, 5) is 11.1. The minimum Gasteiger partial charge on any atom is -0.457 e. The number of hydrogen-bond acceptors (Lipinski definition) is 2. The predicted molar refractivity (Wildman–Crippen MR) is 91.9 cm³/mol. The van der Waals surface area contributed by atoms with Gasteiger partial charge >= 0.3 is 0 Å². The maximum absolute atomic E-state index is 11.1. The summed E-state index contributed by atoms with van der Waals surface area (Å²) in [5.74, 6) is 1.61. The molecule has 0 unspecified atom stereocenters. The Kier molecular flexibility index (Phi) is 4.02. The third-order valence-corrected chi connectivity index (χ3v) is 3.95. The number of rotatable bonds is 4. The molecule has 3 rings (SSSR count). The maximum Gasteiger partial charge on any atom is 0.151 e. The molecule has 3 heteroatoms. The standard InChI is InChI=1S/C20H19NO2/c1-14-4-8-19(9-5-14)23-20-10-6-18(7-11-20)21-15(2)12-17(13-22)16(21)3/h4-13H,1-3H3. The molecular formula is C20H19NO2. The van der Waals surface area contributed by atoms with Gasteiger partial charge in [0.05, 0.1) is 0 Å². The maximum atomic E-state index is 11.1. The lowest BCUT2D eigenvalue weighted by atomic mass is 10.2. The molecule has 0 amide bonds. The molecule has 0 fully saturated rings. The van der Waals surface area contributed by atoms with Crippen LogP contribution in [0.2, 0.25) is 0 Å². The fraction of sp³-hybridized carbons (Fsp3) is 0.150. The largest absolute Gasteiger partial charge is 0.457 e. The first kappa shape index (κ1) is 15.1. The zero-order valence-corrected chi connectivity index (χ0v) is 13.5. The Morgan fingerprint density at radius 3 is 1.96 bits per heavy atom. The van der Waals surface area contributed by atoms with Crippen LogP contribution >= 0.6 is 0 Å². The fourth-order valence-corrected chi connectivity index (χ4v) is 2.71. The second kappa shape index (κ2) is 6.13. The van der Waals surface area contributed by atoms with E-state index in [0.29, 0.717) is 0 Å². The number of nitrogens with zero attached hydrogens (tertiary/aromatic N) is 1. The Balaban J connectivity index is 1.86. The van der Waals surface area contributed by atoms with Crippen molar-refractivity contribution in [3.8, 4) is 17.2 Å². The highest BCUT2D eigenvalue weighted by Crippen LogP contribution is 2.25. The minimum atomic E-state index is 0.725. The molecule has 2 aromatic carbocycles. The van der Waals surface area contributed by atoms with Gasteiger partial charge in [0.15, 0.2) is 6.29 Å². The van der Waals surface area contributed by atoms with Gasteiger partial charge in [0.25, 0.3) is 0 Å². The van der Waals surface area contributed by atoms with E-state index in [-0.39, 0.29) is 0 Å². The Morgan fingerprint density at radius 2 is 1.43 bits per heavy atom. The van der Waals surface area contributed by atoms with Crippen LogP contribution in [0.5, 0.6) is 11.5 Å². The molecule has 0 spiro atoms. The summed E-state index contributed by atoms with van der Waals surface area (Å²) in [6.45, 7) is 6.00. The number of carbonyl (C=O) groups is 1. The molecule has 0 radical (unpaired) electrons. The van der Waals surface area contributed by atoms with Crippen LogP contribution < -0.4 is 4.74 Å². The zero-order valence-electron chi connectivity index (χ0n) is 13.5. The lowest BCUT2D eigenvalue weighted by molar-refractivity contribution is 0.112. The van der Waals surface area contributed by atoms with Gasteiger partial charge in [-0.3, -0.25) is 4.79 Å². The lowest BCUT2D eigenvalue weighted by Crippen LogP contribution is -1.99. The molecule has 0 aliphatic rings. The first-order chi connectivity index (χ1) is 11.1. The van der Waals surface area contributed by atoms with E-state index in [0.717, 1.165) is 40.4 Å². The topological polar surface area (TPSA) is 31.2 Å². The quantitative estimate of drug-likeness (QED) is 0.635. The van der Waals surface area contributed by atoms with E-state index in [1.54, 1.807) is 0 Å². The molecule has 0 aliphatic heterocycles. The SMILES string of the molecule is Cc1ccc(Oc2ccc(-n3c(C)cc(C=O)c3C)cc2)cc1. The van der Waals surface area contributed by atoms with E-state index in [4.69, 9.17) is 4.74 Å². The number of hydrogen-bond donors (Lipinski definition) is 0. The van der Waals surface area contributed by atoms with Gasteiger partial charge < -0.3 is 9.30 Å². The van der Waals surface area contributed by atoms with Crippen molar-refractivity contribution < 1.29 is 9.53 Å². The third kappa shape index (κ3) is 3.04. The molecule has 3 nitrogen and oxygen atoms in total. The van der Waals surface area contributed by atoms with Gasteiger partial charge in [0.2, 0.25) is 0 Å². The molecule has 3 aromatic rings. The van der Waals surface area contributed by atoms with Crippen LogP contribution in [0.3, 0.4) is 0 Å². The molecule has 1 heterocycles. The van der Waals surface area contributed by atoms with Gasteiger partial charge in [-0.25, -0.2) is 0 Å². The van der Waals surface area contributed by atoms with Crippen LogP contribution in [-0.2, 0) is 0 Å². The number of aldehydes is 1. The van der Waals surface area contributed by atoms with Crippen molar-refractivity contribution in [2.24, 2.45) is 0 Å². The number of aryl methyl sites for hydroxylation is 2. The Morgan fingerprint density at radius 1 is 0.870 bits per heavy atom. The second-order valence-corrected chi connectivity index (χ2v) is 5.69. The molecular weight excluding hydrogens is 286 g/mol. The Labute approximate surface area is 136 Å². The van der Waals surface area contributed by atoms with Crippen molar-refractivity contribution in [2.75, 3.05) is 0 Å². The summed E-state index contributed by atoms with van der Waals surface area (Å²) in [6.07, 6.45) is 0.897. The van der Waals surface area contributed by atoms with Crippen molar-refractivity contribution >= 4 is 6.29 Å². The van der Waals surface area contributed by atoms with E-state index < -0.39 is 0 Å². The van der Waals surface area contributed by atoms with E-state index in [9.17, 15) is 4.79 Å². The molecule has 23 heavy (non-hydrogen) atoms. The molecule has 0 saturated carbocycles. The molecule has 116 valence electrons. The van der Waals surface area contributed by atoms with E-state index in [2.05, 4.69) is 4.57 Å².